The fraction of sp³-hybridized carbons (Fsp3) is 0.222. The number of aliphatic hydroxyl groups is 1. The summed E-state index contributed by atoms with van der Waals surface area (Å²) in [5.74, 6) is -9.06. The van der Waals surface area contributed by atoms with Crippen LogP contribution in [0.2, 0.25) is 0 Å². The molecule has 0 spiro atoms. The summed E-state index contributed by atoms with van der Waals surface area (Å²) in [6, 6.07) is 68.9. The van der Waals surface area contributed by atoms with E-state index >= 15 is 0 Å². The number of aliphatic hydroxyl groups excluding tert-OH is 1. The van der Waals surface area contributed by atoms with Crippen LogP contribution < -0.4 is 0 Å². The molecule has 3 fully saturated rings. The second-order valence-corrected chi connectivity index (χ2v) is 24.1. The molecule has 1 N–H and O–H groups in total. The first-order chi connectivity index (χ1) is 51.1. The number of benzene rings is 9. The lowest BCUT2D eigenvalue weighted by atomic mass is 9.96. The first-order valence-electron chi connectivity index (χ1n) is 33.4. The minimum absolute atomic E-state index is 0.00796. The zero-order chi connectivity index (χ0) is 73.2. The van der Waals surface area contributed by atoms with E-state index in [1.165, 1.54) is 116 Å². The van der Waals surface area contributed by atoms with Crippen LogP contribution in [0.25, 0.3) is 0 Å². The Hall–Kier alpha value is -12.0. The molecule has 0 aliphatic carbocycles. The summed E-state index contributed by atoms with van der Waals surface area (Å²) in [5.41, 5.74) is 0.00956. The molecule has 0 radical (unpaired) electrons. The van der Waals surface area contributed by atoms with E-state index in [1.54, 1.807) is 164 Å². The highest BCUT2D eigenvalue weighted by Crippen LogP contribution is 2.37. The van der Waals surface area contributed by atoms with Crippen molar-refractivity contribution in [3.8, 4) is 0 Å². The fourth-order valence-electron chi connectivity index (χ4n) is 11.8. The Morgan fingerprint density at radius 3 is 0.705 bits per heavy atom. The van der Waals surface area contributed by atoms with E-state index in [2.05, 4.69) is 0 Å². The van der Waals surface area contributed by atoms with E-state index in [9.17, 15) is 48.3 Å². The molecule has 3 saturated heterocycles. The lowest BCUT2D eigenvalue weighted by molar-refractivity contribution is -0.335. The van der Waals surface area contributed by atoms with Gasteiger partial charge >= 0.3 is 53.7 Å². The summed E-state index contributed by atoms with van der Waals surface area (Å²) in [5, 5.41) is 12.2. The third kappa shape index (κ3) is 18.3. The van der Waals surface area contributed by atoms with Gasteiger partial charge in [0.15, 0.2) is 73.8 Å². The summed E-state index contributed by atoms with van der Waals surface area (Å²) in [7, 11) is 0. The first-order valence-corrected chi connectivity index (χ1v) is 33.4. The van der Waals surface area contributed by atoms with Crippen LogP contribution in [0.4, 0.5) is 0 Å². The van der Waals surface area contributed by atoms with Crippen LogP contribution in [-0.2, 0) is 66.3 Å². The molecule has 24 nitrogen and oxygen atoms in total. The van der Waals surface area contributed by atoms with Gasteiger partial charge in [0.1, 0.15) is 12.2 Å². The predicted molar refractivity (Wildman–Crippen MR) is 367 cm³/mol. The van der Waals surface area contributed by atoms with Crippen molar-refractivity contribution in [2.45, 2.75) is 99.0 Å². The maximum absolute atomic E-state index is 14.9. The van der Waals surface area contributed by atoms with Gasteiger partial charge in [-0.05, 0) is 116 Å². The van der Waals surface area contributed by atoms with E-state index in [0.29, 0.717) is 0 Å². The highest BCUT2D eigenvalue weighted by molar-refractivity contribution is 5.94. The molecule has 0 amide bonds. The maximum Gasteiger partial charge on any atom is 0.338 e. The van der Waals surface area contributed by atoms with Crippen molar-refractivity contribution < 1.29 is 115 Å². The molecule has 3 aliphatic heterocycles. The average Bonchev–Trinajstić information content (AvgIpc) is 0.776. The number of esters is 9. The lowest BCUT2D eigenvalue weighted by Gasteiger charge is -2.47. The van der Waals surface area contributed by atoms with Crippen LogP contribution in [-0.4, -0.2) is 164 Å². The highest BCUT2D eigenvalue weighted by Gasteiger charge is 2.58. The highest BCUT2D eigenvalue weighted by atomic mass is 16.8. The van der Waals surface area contributed by atoms with Crippen molar-refractivity contribution in [1.29, 1.82) is 0 Å². The Morgan fingerprint density at radius 1 is 0.248 bits per heavy atom. The Morgan fingerprint density at radius 2 is 0.438 bits per heavy atom. The van der Waals surface area contributed by atoms with E-state index < -0.39 is 159 Å². The molecule has 0 saturated carbocycles. The smallest absolute Gasteiger partial charge is 0.338 e. The Bertz CT molecular complexity index is 4160. The van der Waals surface area contributed by atoms with Crippen LogP contribution in [0.15, 0.2) is 273 Å². The lowest BCUT2D eigenvalue weighted by Crippen LogP contribution is -2.65. The van der Waals surface area contributed by atoms with Gasteiger partial charge in [-0.25, -0.2) is 43.2 Å². The van der Waals surface area contributed by atoms with Crippen molar-refractivity contribution in [3.05, 3.63) is 323 Å². The van der Waals surface area contributed by atoms with Gasteiger partial charge in [0.2, 0.25) is 0 Å². The van der Waals surface area contributed by atoms with Crippen molar-refractivity contribution >= 4 is 53.7 Å². The third-order valence-corrected chi connectivity index (χ3v) is 17.1. The number of carbonyl (C=O) groups excluding carboxylic acids is 9. The number of ether oxygens (including phenoxy) is 14. The number of hydrogen-bond acceptors (Lipinski definition) is 24. The first kappa shape index (κ1) is 72.7. The summed E-state index contributed by atoms with van der Waals surface area (Å²) in [6.45, 7) is -0.324. The Labute approximate surface area is 601 Å². The molecule has 0 aromatic heterocycles. The van der Waals surface area contributed by atoms with Gasteiger partial charge < -0.3 is 71.4 Å². The standard InChI is InChI=1S/C81H68O24/c1-49-61(97-70(82)50-29-11-2-12-30-50)64(100-73(85)53-35-17-5-18-36-53)68(104-77(89)57-43-25-9-26-44-57)80(94-49)92-48-60-63(99-72(84)52-33-15-4-16-34-52)66(102-75(87)55-39-21-7-22-40-55)69(105-78(90)58-45-27-10-28-46-58)81(96-60)93-47-59-62(98-71(83)51-31-13-3-14-32-51)65(101-74(86)54-37-19-6-20-38-54)67(79(91)95-59)103-76(88)56-41-23-8-24-42-56/h2-46,49,59-69,79-81,91H,47-48H2,1H3/t49-,59-,60-,61-,62-,63-,64+,65+,66+,67+,68+,69+,79+,80+,81+/m1/s1. The van der Waals surface area contributed by atoms with Crippen LogP contribution in [0, 0.1) is 0 Å². The number of hydrogen-bond donors (Lipinski definition) is 1. The molecule has 9 aromatic rings. The number of rotatable bonds is 24. The SMILES string of the molecule is C[C@H]1O[C@H](OC[C@H]2O[C@H](OC[C@H]3O[C@H](O)[C@@H](OC(=O)c4ccccc4)[C@@H](OC(=O)c4ccccc4)[C@@H]3OC(=O)c3ccccc3)[C@@H](OC(=O)c3ccccc3)[C@@H](OC(=O)c3ccccc3)[C@@H]2OC(=O)c2ccccc2)[C@@H](OC(=O)c2ccccc2)[C@@H](OC(=O)c2ccccc2)[C@@H]1OC(=O)c1ccccc1. The van der Waals surface area contributed by atoms with Crippen LogP contribution in [0.1, 0.15) is 100 Å². The van der Waals surface area contributed by atoms with Gasteiger partial charge in [-0.15, -0.1) is 0 Å². The zero-order valence-electron chi connectivity index (χ0n) is 55.9. The zero-order valence-corrected chi connectivity index (χ0v) is 55.9. The summed E-state index contributed by atoms with van der Waals surface area (Å²) in [6.07, 6.45) is -28.0. The summed E-state index contributed by atoms with van der Waals surface area (Å²) in [4.78, 5) is 130. The molecule has 12 rings (SSSR count). The molecule has 24 heteroatoms. The third-order valence-electron chi connectivity index (χ3n) is 17.1. The topological polar surface area (TPSA) is 303 Å². The van der Waals surface area contributed by atoms with Crippen LogP contribution in [0.5, 0.6) is 0 Å². The minimum Gasteiger partial charge on any atom is -0.452 e. The number of carbonyl (C=O) groups is 9. The predicted octanol–water partition coefficient (Wildman–Crippen LogP) is 10.2. The summed E-state index contributed by atoms with van der Waals surface area (Å²) < 4.78 is 89.1. The van der Waals surface area contributed by atoms with Crippen LogP contribution in [0.3, 0.4) is 0 Å². The summed E-state index contributed by atoms with van der Waals surface area (Å²) >= 11 is 0. The molecular weight excluding hydrogens is 1360 g/mol. The maximum atomic E-state index is 14.9. The molecule has 0 bridgehead atoms. The molecule has 3 aliphatic rings. The van der Waals surface area contributed by atoms with Crippen molar-refractivity contribution in [2.24, 2.45) is 0 Å². The Balaban J connectivity index is 0.962. The molecule has 15 atom stereocenters. The molecule has 105 heavy (non-hydrogen) atoms. The van der Waals surface area contributed by atoms with Crippen molar-refractivity contribution in [2.75, 3.05) is 13.2 Å². The van der Waals surface area contributed by atoms with Gasteiger partial charge in [0.05, 0.1) is 69.4 Å². The van der Waals surface area contributed by atoms with Gasteiger partial charge in [-0.2, -0.15) is 0 Å². The molecular formula is C81H68O24. The minimum atomic E-state index is -2.22. The normalized spacial score (nSPS) is 24.0. The monoisotopic (exact) mass is 1420 g/mol. The largest absolute Gasteiger partial charge is 0.452 e. The molecule has 9 aromatic carbocycles. The molecule has 536 valence electrons. The van der Waals surface area contributed by atoms with Gasteiger partial charge in [-0.1, -0.05) is 164 Å². The van der Waals surface area contributed by atoms with E-state index in [0.717, 1.165) is 0 Å². The quantitative estimate of drug-likeness (QED) is 0.0434. The molecule has 3 heterocycles. The fourth-order valence-corrected chi connectivity index (χ4v) is 11.8. The van der Waals surface area contributed by atoms with Gasteiger partial charge in [0, 0.05) is 0 Å². The Kier molecular flexibility index (Phi) is 24.1. The second-order valence-electron chi connectivity index (χ2n) is 24.1. The van der Waals surface area contributed by atoms with Crippen molar-refractivity contribution in [1.82, 2.24) is 0 Å². The average molecular weight is 1430 g/mol. The van der Waals surface area contributed by atoms with Gasteiger partial charge in [-0.3, -0.25) is 0 Å². The second kappa shape index (κ2) is 34.8. The van der Waals surface area contributed by atoms with Crippen LogP contribution >= 0.6 is 0 Å². The molecule has 0 unspecified atom stereocenters. The van der Waals surface area contributed by atoms with E-state index in [1.807, 2.05) is 0 Å². The van der Waals surface area contributed by atoms with E-state index in [-0.39, 0.29) is 50.1 Å². The van der Waals surface area contributed by atoms with E-state index in [4.69, 9.17) is 66.3 Å². The van der Waals surface area contributed by atoms with Gasteiger partial charge in [0.25, 0.3) is 0 Å². The van der Waals surface area contributed by atoms with Crippen molar-refractivity contribution in [3.63, 3.8) is 0 Å².